The highest BCUT2D eigenvalue weighted by Crippen LogP contribution is 2.20. The molecule has 0 radical (unpaired) electrons. The van der Waals surface area contributed by atoms with Crippen LogP contribution in [0.2, 0.25) is 12.1 Å². The van der Waals surface area contributed by atoms with Gasteiger partial charge in [-0.1, -0.05) is 24.3 Å². The largest absolute Gasteiger partial charge is 0.500 e. The van der Waals surface area contributed by atoms with Gasteiger partial charge in [0.05, 0.1) is 0 Å². The van der Waals surface area contributed by atoms with Crippen LogP contribution in [0.4, 0.5) is 0 Å². The van der Waals surface area contributed by atoms with Crippen molar-refractivity contribution in [2.24, 2.45) is 0 Å². The molecule has 0 N–H and O–H groups in total. The summed E-state index contributed by atoms with van der Waals surface area (Å²) in [6.07, 6.45) is 3.90. The molecule has 0 aliphatic carbocycles. The number of rotatable bonds is 14. The topological polar surface area (TPSA) is 55.4 Å². The predicted octanol–water partition coefficient (Wildman–Crippen LogP) is 3.31. The molecule has 0 aliphatic heterocycles. The lowest BCUT2D eigenvalue weighted by Gasteiger charge is -2.24. The van der Waals surface area contributed by atoms with E-state index < -0.39 is 17.6 Å². The molecule has 26 heavy (non-hydrogen) atoms. The van der Waals surface area contributed by atoms with Crippen molar-refractivity contribution < 1.29 is 26.6 Å². The quantitative estimate of drug-likeness (QED) is 0.445. The first-order chi connectivity index (χ1) is 12.5. The Morgan fingerprint density at radius 2 is 0.962 bits per heavy atom. The van der Waals surface area contributed by atoms with Crippen LogP contribution < -0.4 is 0 Å². The van der Waals surface area contributed by atoms with Gasteiger partial charge in [0.2, 0.25) is 0 Å². The molecule has 1 aromatic rings. The van der Waals surface area contributed by atoms with Crippen molar-refractivity contribution in [1.82, 2.24) is 0 Å². The SMILES string of the molecule is CO[Si](CCCc1cccc(CCC[Si](OC)(OC)OC)c1)(OC)OC. The van der Waals surface area contributed by atoms with Crippen LogP contribution in [-0.2, 0) is 39.4 Å². The van der Waals surface area contributed by atoms with E-state index in [0.717, 1.165) is 37.8 Å². The summed E-state index contributed by atoms with van der Waals surface area (Å²) in [5.74, 6) is 0. The van der Waals surface area contributed by atoms with Gasteiger partial charge in [0.25, 0.3) is 0 Å². The van der Waals surface area contributed by atoms with E-state index >= 15 is 0 Å². The maximum Gasteiger partial charge on any atom is 0.500 e. The minimum absolute atomic E-state index is 0.810. The van der Waals surface area contributed by atoms with E-state index in [1.54, 1.807) is 42.7 Å². The summed E-state index contributed by atoms with van der Waals surface area (Å²) in [4.78, 5) is 0. The van der Waals surface area contributed by atoms with Gasteiger partial charge in [-0.2, -0.15) is 0 Å². The number of hydrogen-bond acceptors (Lipinski definition) is 6. The van der Waals surface area contributed by atoms with Crippen LogP contribution in [-0.4, -0.2) is 60.3 Å². The molecule has 6 nitrogen and oxygen atoms in total. The molecular formula is C18H34O6Si2. The molecule has 0 unspecified atom stereocenters. The normalized spacial score (nSPS) is 12.5. The van der Waals surface area contributed by atoms with E-state index in [4.69, 9.17) is 26.6 Å². The van der Waals surface area contributed by atoms with Gasteiger partial charge in [-0.25, -0.2) is 0 Å². The Hall–Kier alpha value is -0.586. The zero-order valence-electron chi connectivity index (χ0n) is 17.0. The van der Waals surface area contributed by atoms with Crippen molar-refractivity contribution in [1.29, 1.82) is 0 Å². The van der Waals surface area contributed by atoms with Gasteiger partial charge >= 0.3 is 17.6 Å². The van der Waals surface area contributed by atoms with Gasteiger partial charge in [0.15, 0.2) is 0 Å². The second kappa shape index (κ2) is 12.0. The molecule has 0 saturated heterocycles. The highest BCUT2D eigenvalue weighted by molar-refractivity contribution is 6.60. The van der Waals surface area contributed by atoms with Crippen LogP contribution in [0.5, 0.6) is 0 Å². The Balaban J connectivity index is 2.53. The molecule has 0 aromatic heterocycles. The molecule has 0 fully saturated rings. The van der Waals surface area contributed by atoms with Gasteiger partial charge in [-0.3, -0.25) is 0 Å². The molecule has 1 aromatic carbocycles. The van der Waals surface area contributed by atoms with E-state index in [0.29, 0.717) is 0 Å². The standard InChI is InChI=1S/C18H34O6Si2/c1-19-25(20-2,21-3)14-8-12-17-10-7-11-18(16-17)13-9-15-26(22-4,23-5)24-6/h7,10-11,16H,8-9,12-15H2,1-6H3. The van der Waals surface area contributed by atoms with Crippen LogP contribution in [0, 0.1) is 0 Å². The van der Waals surface area contributed by atoms with E-state index in [1.807, 2.05) is 0 Å². The summed E-state index contributed by atoms with van der Waals surface area (Å²) >= 11 is 0. The minimum Gasteiger partial charge on any atom is -0.377 e. The number of benzene rings is 1. The zero-order chi connectivity index (χ0) is 19.5. The Labute approximate surface area is 160 Å². The molecule has 150 valence electrons. The molecule has 0 heterocycles. The Morgan fingerprint density at radius 3 is 1.27 bits per heavy atom. The second-order valence-electron chi connectivity index (χ2n) is 6.12. The Morgan fingerprint density at radius 1 is 0.615 bits per heavy atom. The molecular weight excluding hydrogens is 368 g/mol. The molecule has 0 amide bonds. The maximum atomic E-state index is 5.48. The number of aryl methyl sites for hydroxylation is 2. The fourth-order valence-electron chi connectivity index (χ4n) is 3.07. The predicted molar refractivity (Wildman–Crippen MR) is 106 cm³/mol. The molecule has 0 bridgehead atoms. The van der Waals surface area contributed by atoms with Crippen LogP contribution in [0.3, 0.4) is 0 Å². The minimum atomic E-state index is -2.48. The lowest BCUT2D eigenvalue weighted by molar-refractivity contribution is 0.122. The Kier molecular flexibility index (Phi) is 10.8. The molecule has 0 saturated carbocycles. The van der Waals surface area contributed by atoms with E-state index in [-0.39, 0.29) is 0 Å². The van der Waals surface area contributed by atoms with Crippen molar-refractivity contribution in [3.05, 3.63) is 35.4 Å². The van der Waals surface area contributed by atoms with Crippen molar-refractivity contribution >= 4 is 17.6 Å². The first-order valence-electron chi connectivity index (χ1n) is 8.91. The highest BCUT2D eigenvalue weighted by Gasteiger charge is 2.37. The first kappa shape index (κ1) is 23.5. The van der Waals surface area contributed by atoms with E-state index in [2.05, 4.69) is 24.3 Å². The van der Waals surface area contributed by atoms with Crippen LogP contribution in [0.25, 0.3) is 0 Å². The molecule has 0 atom stereocenters. The lowest BCUT2D eigenvalue weighted by Crippen LogP contribution is -2.42. The molecule has 0 aliphatic rings. The van der Waals surface area contributed by atoms with Crippen molar-refractivity contribution in [3.63, 3.8) is 0 Å². The number of hydrogen-bond donors (Lipinski definition) is 0. The third-order valence-electron chi connectivity index (χ3n) is 4.75. The monoisotopic (exact) mass is 402 g/mol. The third kappa shape index (κ3) is 6.86. The zero-order valence-corrected chi connectivity index (χ0v) is 19.0. The van der Waals surface area contributed by atoms with Crippen molar-refractivity contribution in [2.75, 3.05) is 42.7 Å². The van der Waals surface area contributed by atoms with Gasteiger partial charge < -0.3 is 26.6 Å². The molecule has 1 rings (SSSR count). The Bertz CT molecular complexity index is 448. The third-order valence-corrected chi connectivity index (χ3v) is 10.4. The van der Waals surface area contributed by atoms with Crippen molar-refractivity contribution in [2.45, 2.75) is 37.8 Å². The summed E-state index contributed by atoms with van der Waals surface area (Å²) in [6, 6.07) is 10.3. The van der Waals surface area contributed by atoms with Crippen molar-refractivity contribution in [3.8, 4) is 0 Å². The van der Waals surface area contributed by atoms with E-state index in [9.17, 15) is 0 Å². The summed E-state index contributed by atoms with van der Waals surface area (Å²) in [7, 11) is 4.98. The average molecular weight is 403 g/mol. The molecule has 8 heteroatoms. The second-order valence-corrected chi connectivity index (χ2v) is 12.3. The summed E-state index contributed by atoms with van der Waals surface area (Å²) in [6.45, 7) is 0. The first-order valence-corrected chi connectivity index (χ1v) is 12.8. The summed E-state index contributed by atoms with van der Waals surface area (Å²) in [5.41, 5.74) is 2.64. The summed E-state index contributed by atoms with van der Waals surface area (Å²) < 4.78 is 32.9. The van der Waals surface area contributed by atoms with Gasteiger partial charge in [0, 0.05) is 54.7 Å². The van der Waals surface area contributed by atoms with Crippen LogP contribution in [0.15, 0.2) is 24.3 Å². The van der Waals surface area contributed by atoms with Crippen LogP contribution in [0.1, 0.15) is 24.0 Å². The summed E-state index contributed by atoms with van der Waals surface area (Å²) in [5, 5.41) is 0. The fraction of sp³-hybridized carbons (Fsp3) is 0.667. The van der Waals surface area contributed by atoms with Gasteiger partial charge in [-0.05, 0) is 36.8 Å². The lowest BCUT2D eigenvalue weighted by atomic mass is 10.0. The highest BCUT2D eigenvalue weighted by atomic mass is 28.4. The molecule has 0 spiro atoms. The smallest absolute Gasteiger partial charge is 0.377 e. The van der Waals surface area contributed by atoms with Gasteiger partial charge in [0.1, 0.15) is 0 Å². The van der Waals surface area contributed by atoms with E-state index in [1.165, 1.54) is 11.1 Å². The maximum absolute atomic E-state index is 5.48. The van der Waals surface area contributed by atoms with Crippen LogP contribution >= 0.6 is 0 Å². The van der Waals surface area contributed by atoms with Gasteiger partial charge in [-0.15, -0.1) is 0 Å². The average Bonchev–Trinajstić information content (AvgIpc) is 2.70. The fourth-order valence-corrected chi connectivity index (χ4v) is 6.52.